The van der Waals surface area contributed by atoms with Gasteiger partial charge in [-0.3, -0.25) is 0 Å². The summed E-state index contributed by atoms with van der Waals surface area (Å²) in [6.07, 6.45) is 7.81. The highest BCUT2D eigenvalue weighted by molar-refractivity contribution is 7.15. The first kappa shape index (κ1) is 23.3. The third-order valence-electron chi connectivity index (χ3n) is 7.86. The number of rotatable bonds is 5. The molecule has 3 fully saturated rings. The van der Waals surface area contributed by atoms with E-state index in [1.807, 2.05) is 19.1 Å². The van der Waals surface area contributed by atoms with Gasteiger partial charge in [0.05, 0.1) is 17.1 Å². The lowest BCUT2D eigenvalue weighted by atomic mass is 9.68. The molecule has 1 saturated carbocycles. The van der Waals surface area contributed by atoms with Crippen molar-refractivity contribution >= 4 is 17.3 Å². The minimum Gasteiger partial charge on any atom is -0.507 e. The third kappa shape index (κ3) is 4.00. The Balaban J connectivity index is 1.28. The Hall–Kier alpha value is -3.16. The van der Waals surface area contributed by atoms with Crippen LogP contribution in [0, 0.1) is 11.3 Å². The summed E-state index contributed by atoms with van der Waals surface area (Å²) in [6.45, 7) is 4.21. The fraction of sp³-hybridized carbons (Fsp3) is 0.500. The maximum atomic E-state index is 16.0. The number of aromatic nitrogens is 4. The highest BCUT2D eigenvalue weighted by Gasteiger charge is 2.56. The molecule has 1 aliphatic carbocycles. The molecule has 0 unspecified atom stereocenters. The van der Waals surface area contributed by atoms with Crippen molar-refractivity contribution in [3.63, 3.8) is 0 Å². The number of alkyl halides is 1. The van der Waals surface area contributed by atoms with Crippen molar-refractivity contribution in [3.8, 4) is 33.5 Å². The zero-order chi connectivity index (χ0) is 25.1. The van der Waals surface area contributed by atoms with Crippen LogP contribution in [0.15, 0.2) is 30.6 Å². The standard InChI is InChI=1S/C26H28FN7OS/c1-25-8-3-9-26(2,33-25)23(27)19(11-25)34(16-5-6-16)24-30-13-18(31-32-24)17-7-4-15(10-20(17)35)21-14-29-22(12-28)36-21/h4,7,10,13-14,16,19,23,33,35H,3,5-6,8-9,11H2,1-2H3/t19-,23-,25-,26+/m0/s1. The number of phenolic OH excluding ortho intramolecular Hbond substituents is 1. The van der Waals surface area contributed by atoms with E-state index >= 15 is 4.39 Å². The number of phenols is 1. The van der Waals surface area contributed by atoms with Gasteiger partial charge in [0.1, 0.15) is 23.7 Å². The fourth-order valence-electron chi connectivity index (χ4n) is 6.06. The van der Waals surface area contributed by atoms with Gasteiger partial charge in [-0.25, -0.2) is 14.4 Å². The molecule has 2 bridgehead atoms. The number of nitrogens with one attached hydrogen (secondary N) is 1. The van der Waals surface area contributed by atoms with E-state index < -0.39 is 11.7 Å². The van der Waals surface area contributed by atoms with Crippen LogP contribution < -0.4 is 10.2 Å². The van der Waals surface area contributed by atoms with Crippen LogP contribution in [0.4, 0.5) is 10.3 Å². The average molecular weight is 506 g/mol. The molecule has 4 heterocycles. The minimum atomic E-state index is -1.03. The predicted molar refractivity (Wildman–Crippen MR) is 135 cm³/mol. The number of piperidine rings is 2. The molecule has 2 N–H and O–H groups in total. The summed E-state index contributed by atoms with van der Waals surface area (Å²) in [5.74, 6) is 0.490. The number of hydrogen-bond acceptors (Lipinski definition) is 9. The Morgan fingerprint density at radius 2 is 2.03 bits per heavy atom. The molecular weight excluding hydrogens is 477 g/mol. The average Bonchev–Trinajstić information content (AvgIpc) is 3.57. The van der Waals surface area contributed by atoms with Crippen LogP contribution in [-0.2, 0) is 0 Å². The first-order chi connectivity index (χ1) is 17.3. The van der Waals surface area contributed by atoms with Gasteiger partial charge in [-0.2, -0.15) is 5.26 Å². The highest BCUT2D eigenvalue weighted by Crippen LogP contribution is 2.46. The van der Waals surface area contributed by atoms with E-state index in [1.165, 1.54) is 11.3 Å². The molecule has 8 nitrogen and oxygen atoms in total. The molecule has 3 aromatic rings. The number of fused-ring (bicyclic) bond motifs is 2. The molecule has 3 aliphatic rings. The molecule has 4 atom stereocenters. The number of nitrogens with zero attached hydrogens (tertiary/aromatic N) is 6. The van der Waals surface area contributed by atoms with Crippen molar-refractivity contribution in [3.05, 3.63) is 35.6 Å². The quantitative estimate of drug-likeness (QED) is 0.517. The van der Waals surface area contributed by atoms with Crippen molar-refractivity contribution in [2.45, 2.75) is 81.7 Å². The molecule has 1 aromatic carbocycles. The molecule has 2 aliphatic heterocycles. The Kier molecular flexibility index (Phi) is 5.46. The first-order valence-electron chi connectivity index (χ1n) is 12.4. The molecular formula is C26H28FN7OS. The highest BCUT2D eigenvalue weighted by atomic mass is 32.1. The second kappa shape index (κ2) is 8.46. The van der Waals surface area contributed by atoms with Crippen LogP contribution in [0.5, 0.6) is 5.75 Å². The van der Waals surface area contributed by atoms with Gasteiger partial charge in [-0.1, -0.05) is 6.07 Å². The van der Waals surface area contributed by atoms with Gasteiger partial charge in [-0.15, -0.1) is 21.5 Å². The number of anilines is 1. The number of halogens is 1. The van der Waals surface area contributed by atoms with Crippen molar-refractivity contribution in [2.75, 3.05) is 4.90 Å². The lowest BCUT2D eigenvalue weighted by Crippen LogP contribution is -2.73. The normalized spacial score (nSPS) is 29.5. The van der Waals surface area contributed by atoms with E-state index in [0.29, 0.717) is 28.6 Å². The molecule has 0 spiro atoms. The fourth-order valence-corrected chi connectivity index (χ4v) is 6.77. The van der Waals surface area contributed by atoms with Crippen molar-refractivity contribution in [2.24, 2.45) is 0 Å². The molecule has 186 valence electrons. The van der Waals surface area contributed by atoms with E-state index in [4.69, 9.17) is 5.26 Å². The van der Waals surface area contributed by atoms with Crippen molar-refractivity contribution in [1.82, 2.24) is 25.5 Å². The molecule has 0 radical (unpaired) electrons. The first-order valence-corrected chi connectivity index (χ1v) is 13.2. The Morgan fingerprint density at radius 1 is 1.19 bits per heavy atom. The number of aromatic hydroxyl groups is 1. The number of benzene rings is 1. The van der Waals surface area contributed by atoms with Crippen LogP contribution in [0.25, 0.3) is 21.7 Å². The zero-order valence-corrected chi connectivity index (χ0v) is 21.1. The monoisotopic (exact) mass is 505 g/mol. The molecule has 0 amide bonds. The van der Waals surface area contributed by atoms with Gasteiger partial charge in [0.2, 0.25) is 5.95 Å². The van der Waals surface area contributed by atoms with Gasteiger partial charge in [0.15, 0.2) is 5.01 Å². The van der Waals surface area contributed by atoms with Crippen LogP contribution >= 0.6 is 11.3 Å². The van der Waals surface area contributed by atoms with E-state index in [1.54, 1.807) is 24.5 Å². The summed E-state index contributed by atoms with van der Waals surface area (Å²) in [7, 11) is 0. The topological polar surface area (TPSA) is 111 Å². The van der Waals surface area contributed by atoms with Gasteiger partial charge in [-0.05, 0) is 70.1 Å². The minimum absolute atomic E-state index is 0.0400. The van der Waals surface area contributed by atoms with Gasteiger partial charge >= 0.3 is 0 Å². The van der Waals surface area contributed by atoms with Crippen LogP contribution in [0.3, 0.4) is 0 Å². The summed E-state index contributed by atoms with van der Waals surface area (Å²) in [4.78, 5) is 11.5. The van der Waals surface area contributed by atoms with Crippen LogP contribution in [0.1, 0.15) is 57.4 Å². The summed E-state index contributed by atoms with van der Waals surface area (Å²) < 4.78 is 16.0. The maximum absolute atomic E-state index is 16.0. The summed E-state index contributed by atoms with van der Waals surface area (Å²) in [5.41, 5.74) is 1.07. The second-order valence-corrected chi connectivity index (χ2v) is 11.8. The van der Waals surface area contributed by atoms with E-state index in [0.717, 1.165) is 42.5 Å². The summed E-state index contributed by atoms with van der Waals surface area (Å²) in [5, 5.41) is 32.5. The Labute approximate surface area is 213 Å². The Bertz CT molecular complexity index is 1340. The zero-order valence-electron chi connectivity index (χ0n) is 20.3. The Morgan fingerprint density at radius 3 is 2.69 bits per heavy atom. The lowest BCUT2D eigenvalue weighted by Gasteiger charge is -2.57. The van der Waals surface area contributed by atoms with Crippen molar-refractivity contribution in [1.29, 1.82) is 5.26 Å². The van der Waals surface area contributed by atoms with Crippen molar-refractivity contribution < 1.29 is 9.50 Å². The number of thiazole rings is 1. The van der Waals surface area contributed by atoms with E-state index in [2.05, 4.69) is 37.3 Å². The van der Waals surface area contributed by atoms with Gasteiger partial charge in [0, 0.05) is 28.9 Å². The van der Waals surface area contributed by atoms with Gasteiger partial charge in [0.25, 0.3) is 0 Å². The molecule has 2 saturated heterocycles. The van der Waals surface area contributed by atoms with E-state index in [9.17, 15) is 5.11 Å². The second-order valence-electron chi connectivity index (χ2n) is 10.8. The SMILES string of the molecule is C[C@@]12CCC[C@@](C)(N1)[C@@H](F)[C@@H](N(c1ncc(-c3ccc(-c4cnc(C#N)s4)cc3O)nn1)C1CC1)C2. The molecule has 6 rings (SSSR count). The third-order valence-corrected chi connectivity index (χ3v) is 8.81. The number of nitriles is 1. The molecule has 36 heavy (non-hydrogen) atoms. The van der Waals surface area contributed by atoms with Crippen LogP contribution in [0.2, 0.25) is 0 Å². The molecule has 10 heteroatoms. The predicted octanol–water partition coefficient (Wildman–Crippen LogP) is 4.61. The smallest absolute Gasteiger partial charge is 0.245 e. The summed E-state index contributed by atoms with van der Waals surface area (Å²) in [6, 6.07) is 7.19. The van der Waals surface area contributed by atoms with Crippen LogP contribution in [-0.4, -0.2) is 54.6 Å². The van der Waals surface area contributed by atoms with E-state index in [-0.39, 0.29) is 23.4 Å². The van der Waals surface area contributed by atoms with Gasteiger partial charge < -0.3 is 15.3 Å². The number of hydrogen-bond donors (Lipinski definition) is 2. The summed E-state index contributed by atoms with van der Waals surface area (Å²) >= 11 is 1.26. The molecule has 2 aromatic heterocycles. The largest absolute Gasteiger partial charge is 0.507 e. The maximum Gasteiger partial charge on any atom is 0.245 e. The lowest BCUT2D eigenvalue weighted by molar-refractivity contribution is 0.0000874.